The van der Waals surface area contributed by atoms with Crippen molar-refractivity contribution in [3.05, 3.63) is 24.3 Å². The fraction of sp³-hybridized carbons (Fsp3) is 0.556. The van der Waals surface area contributed by atoms with Crippen LogP contribution in [0.4, 0.5) is 21.0 Å². The number of anilines is 2. The zero-order valence-corrected chi connectivity index (χ0v) is 16.1. The summed E-state index contributed by atoms with van der Waals surface area (Å²) in [5.41, 5.74) is 1.16. The third-order valence-corrected chi connectivity index (χ3v) is 3.92. The Morgan fingerprint density at radius 3 is 1.31 bits per heavy atom. The SMILES string of the molecule is CCN(CC)COC(=O)Nc1ccc(NC(=O)OCN(CC)CC)cc1. The Bertz CT molecular complexity index is 494. The monoisotopic (exact) mass is 366 g/mol. The molecule has 146 valence electrons. The smallest absolute Gasteiger partial charge is 0.412 e. The van der Waals surface area contributed by atoms with Crippen LogP contribution in [-0.2, 0) is 9.47 Å². The summed E-state index contributed by atoms with van der Waals surface area (Å²) in [5, 5.41) is 5.29. The molecule has 0 spiro atoms. The number of ether oxygens (including phenoxy) is 2. The first kappa shape index (κ1) is 21.7. The zero-order valence-electron chi connectivity index (χ0n) is 16.1. The van der Waals surface area contributed by atoms with E-state index in [9.17, 15) is 9.59 Å². The lowest BCUT2D eigenvalue weighted by Crippen LogP contribution is -2.29. The molecule has 0 heterocycles. The maximum Gasteiger partial charge on any atom is 0.412 e. The van der Waals surface area contributed by atoms with E-state index in [2.05, 4.69) is 10.6 Å². The van der Waals surface area contributed by atoms with Gasteiger partial charge in [0.1, 0.15) is 13.5 Å². The molecular weight excluding hydrogens is 336 g/mol. The van der Waals surface area contributed by atoms with Crippen molar-refractivity contribution in [2.75, 3.05) is 50.3 Å². The zero-order chi connectivity index (χ0) is 19.4. The average molecular weight is 366 g/mol. The third kappa shape index (κ3) is 8.17. The summed E-state index contributed by atoms with van der Waals surface area (Å²) >= 11 is 0. The molecule has 0 atom stereocenters. The molecule has 0 bridgehead atoms. The van der Waals surface area contributed by atoms with Crippen molar-refractivity contribution in [2.24, 2.45) is 0 Å². The molecule has 0 aromatic heterocycles. The molecule has 1 aromatic carbocycles. The van der Waals surface area contributed by atoms with Gasteiger partial charge in [0.2, 0.25) is 0 Å². The van der Waals surface area contributed by atoms with Crippen LogP contribution in [0.25, 0.3) is 0 Å². The maximum atomic E-state index is 11.8. The first-order chi connectivity index (χ1) is 12.5. The van der Waals surface area contributed by atoms with Gasteiger partial charge in [-0.2, -0.15) is 0 Å². The molecule has 0 aliphatic heterocycles. The van der Waals surface area contributed by atoms with E-state index in [1.165, 1.54) is 0 Å². The first-order valence-corrected chi connectivity index (χ1v) is 8.94. The van der Waals surface area contributed by atoms with Gasteiger partial charge in [0.15, 0.2) is 0 Å². The highest BCUT2D eigenvalue weighted by Crippen LogP contribution is 2.14. The van der Waals surface area contributed by atoms with E-state index in [1.807, 2.05) is 37.5 Å². The summed E-state index contributed by atoms with van der Waals surface area (Å²) in [5.74, 6) is 0. The standard InChI is InChI=1S/C18H30N4O4/c1-5-21(6-2)13-25-17(23)19-15-9-11-16(12-10-15)20-18(24)26-14-22(7-3)8-4/h9-12H,5-8,13-14H2,1-4H3,(H,19,23)(H,20,24). The molecule has 0 aliphatic carbocycles. The van der Waals surface area contributed by atoms with E-state index < -0.39 is 12.2 Å². The Morgan fingerprint density at radius 2 is 1.04 bits per heavy atom. The second-order valence-corrected chi connectivity index (χ2v) is 5.56. The van der Waals surface area contributed by atoms with Crippen LogP contribution in [0, 0.1) is 0 Å². The van der Waals surface area contributed by atoms with Crippen LogP contribution < -0.4 is 10.6 Å². The van der Waals surface area contributed by atoms with E-state index >= 15 is 0 Å². The molecular formula is C18H30N4O4. The number of nitrogens with one attached hydrogen (secondary N) is 2. The summed E-state index contributed by atoms with van der Waals surface area (Å²) in [4.78, 5) is 27.5. The van der Waals surface area contributed by atoms with E-state index in [4.69, 9.17) is 9.47 Å². The highest BCUT2D eigenvalue weighted by Gasteiger charge is 2.08. The van der Waals surface area contributed by atoms with E-state index in [1.54, 1.807) is 24.3 Å². The summed E-state index contributed by atoms with van der Waals surface area (Å²) in [7, 11) is 0. The third-order valence-electron chi connectivity index (χ3n) is 3.92. The highest BCUT2D eigenvalue weighted by molar-refractivity contribution is 5.87. The molecule has 0 saturated heterocycles. The van der Waals surface area contributed by atoms with Gasteiger partial charge < -0.3 is 9.47 Å². The molecule has 0 radical (unpaired) electrons. The second kappa shape index (κ2) is 12.1. The van der Waals surface area contributed by atoms with Gasteiger partial charge in [0, 0.05) is 11.4 Å². The minimum absolute atomic E-state index is 0.247. The molecule has 0 fully saturated rings. The molecule has 1 rings (SSSR count). The van der Waals surface area contributed by atoms with Gasteiger partial charge in [0.25, 0.3) is 0 Å². The van der Waals surface area contributed by atoms with Crippen LogP contribution in [0.2, 0.25) is 0 Å². The van der Waals surface area contributed by atoms with E-state index in [-0.39, 0.29) is 13.5 Å². The van der Waals surface area contributed by atoms with Crippen LogP contribution in [-0.4, -0.2) is 61.6 Å². The summed E-state index contributed by atoms with van der Waals surface area (Å²) in [6.45, 7) is 11.8. The highest BCUT2D eigenvalue weighted by atomic mass is 16.6. The molecule has 8 heteroatoms. The molecule has 2 N–H and O–H groups in total. The minimum Gasteiger partial charge on any atom is -0.433 e. The van der Waals surface area contributed by atoms with Gasteiger partial charge in [-0.1, -0.05) is 27.7 Å². The molecule has 0 unspecified atom stereocenters. The van der Waals surface area contributed by atoms with Crippen LogP contribution in [0.1, 0.15) is 27.7 Å². The number of benzene rings is 1. The van der Waals surface area contributed by atoms with E-state index in [0.717, 1.165) is 26.2 Å². The van der Waals surface area contributed by atoms with Crippen molar-refractivity contribution < 1.29 is 19.1 Å². The molecule has 8 nitrogen and oxygen atoms in total. The van der Waals surface area contributed by atoms with E-state index in [0.29, 0.717) is 11.4 Å². The normalized spacial score (nSPS) is 10.7. The quantitative estimate of drug-likeness (QED) is 0.618. The van der Waals surface area contributed by atoms with Crippen molar-refractivity contribution in [1.82, 2.24) is 9.80 Å². The first-order valence-electron chi connectivity index (χ1n) is 8.94. The lowest BCUT2D eigenvalue weighted by molar-refractivity contribution is 0.0838. The number of rotatable bonds is 10. The van der Waals surface area contributed by atoms with Gasteiger partial charge in [-0.25, -0.2) is 9.59 Å². The van der Waals surface area contributed by atoms with Crippen LogP contribution in [0.5, 0.6) is 0 Å². The molecule has 0 aliphatic rings. The average Bonchev–Trinajstić information content (AvgIpc) is 2.65. The predicted octanol–water partition coefficient (Wildman–Crippen LogP) is 3.38. The van der Waals surface area contributed by atoms with Crippen molar-refractivity contribution in [3.63, 3.8) is 0 Å². The van der Waals surface area contributed by atoms with Gasteiger partial charge in [0.05, 0.1) is 0 Å². The minimum atomic E-state index is -0.517. The topological polar surface area (TPSA) is 83.1 Å². The Hall–Kier alpha value is -2.32. The largest absolute Gasteiger partial charge is 0.433 e. The van der Waals surface area contributed by atoms with Crippen molar-refractivity contribution in [3.8, 4) is 0 Å². The number of carbonyl (C=O) groups is 2. The number of amides is 2. The number of nitrogens with zero attached hydrogens (tertiary/aromatic N) is 2. The predicted molar refractivity (Wildman–Crippen MR) is 102 cm³/mol. The summed E-state index contributed by atoms with van der Waals surface area (Å²) in [6.07, 6.45) is -1.03. The maximum absolute atomic E-state index is 11.8. The Balaban J connectivity index is 2.40. The number of hydrogen-bond donors (Lipinski definition) is 2. The molecule has 1 aromatic rings. The van der Waals surface area contributed by atoms with Crippen molar-refractivity contribution in [1.29, 1.82) is 0 Å². The van der Waals surface area contributed by atoms with Crippen molar-refractivity contribution in [2.45, 2.75) is 27.7 Å². The van der Waals surface area contributed by atoms with Gasteiger partial charge in [-0.05, 0) is 50.4 Å². The van der Waals surface area contributed by atoms with Gasteiger partial charge in [-0.3, -0.25) is 20.4 Å². The number of carbonyl (C=O) groups excluding carboxylic acids is 2. The van der Waals surface area contributed by atoms with Crippen LogP contribution >= 0.6 is 0 Å². The molecule has 26 heavy (non-hydrogen) atoms. The fourth-order valence-corrected chi connectivity index (χ4v) is 2.06. The van der Waals surface area contributed by atoms with Crippen LogP contribution in [0.3, 0.4) is 0 Å². The van der Waals surface area contributed by atoms with Crippen molar-refractivity contribution >= 4 is 23.6 Å². The van der Waals surface area contributed by atoms with Crippen LogP contribution in [0.15, 0.2) is 24.3 Å². The Morgan fingerprint density at radius 1 is 0.731 bits per heavy atom. The second-order valence-electron chi connectivity index (χ2n) is 5.56. The van der Waals surface area contributed by atoms with Gasteiger partial charge in [-0.15, -0.1) is 0 Å². The number of hydrogen-bond acceptors (Lipinski definition) is 6. The Labute approximate surface area is 155 Å². The Kier molecular flexibility index (Phi) is 10.1. The summed E-state index contributed by atoms with van der Waals surface area (Å²) < 4.78 is 10.3. The molecule has 0 saturated carbocycles. The molecule has 2 amide bonds. The summed E-state index contributed by atoms with van der Waals surface area (Å²) in [6, 6.07) is 6.72. The van der Waals surface area contributed by atoms with Gasteiger partial charge >= 0.3 is 12.2 Å². The lowest BCUT2D eigenvalue weighted by atomic mass is 10.3. The fourth-order valence-electron chi connectivity index (χ4n) is 2.06. The lowest BCUT2D eigenvalue weighted by Gasteiger charge is -2.18.